The molecule has 1 aromatic carbocycles. The van der Waals surface area contributed by atoms with Crippen LogP contribution in [-0.2, 0) is 0 Å². The van der Waals surface area contributed by atoms with E-state index in [0.717, 1.165) is 24.3 Å². The van der Waals surface area contributed by atoms with Crippen molar-refractivity contribution in [1.29, 1.82) is 0 Å². The Bertz CT molecular complexity index is 505. The maximum atomic E-state index is 3.61. The molecule has 1 aliphatic carbocycles. The molecule has 1 heterocycles. The maximum absolute atomic E-state index is 3.61. The zero-order valence-corrected chi connectivity index (χ0v) is 14.7. The van der Waals surface area contributed by atoms with E-state index in [0.29, 0.717) is 5.92 Å². The highest BCUT2D eigenvalue weighted by atomic mass is 79.9. The van der Waals surface area contributed by atoms with E-state index in [9.17, 15) is 0 Å². The van der Waals surface area contributed by atoms with Gasteiger partial charge in [0.2, 0.25) is 0 Å². The van der Waals surface area contributed by atoms with E-state index in [-0.39, 0.29) is 0 Å². The summed E-state index contributed by atoms with van der Waals surface area (Å²) in [4.78, 5) is 0. The van der Waals surface area contributed by atoms with E-state index in [2.05, 4.69) is 65.4 Å². The summed E-state index contributed by atoms with van der Waals surface area (Å²) in [5.74, 6) is 3.12. The van der Waals surface area contributed by atoms with Gasteiger partial charge < -0.3 is 5.32 Å². The summed E-state index contributed by atoms with van der Waals surface area (Å²) in [7, 11) is 0. The number of rotatable bonds is 2. The van der Waals surface area contributed by atoms with Gasteiger partial charge in [-0.1, -0.05) is 46.6 Å². The average Bonchev–Trinajstić information content (AvgIpc) is 2.47. The molecule has 4 atom stereocenters. The van der Waals surface area contributed by atoms with E-state index < -0.39 is 0 Å². The van der Waals surface area contributed by atoms with Gasteiger partial charge in [0.15, 0.2) is 0 Å². The third-order valence-electron chi connectivity index (χ3n) is 5.27. The highest BCUT2D eigenvalue weighted by Gasteiger charge is 2.34. The molecule has 21 heavy (non-hydrogen) atoms. The summed E-state index contributed by atoms with van der Waals surface area (Å²) in [6.07, 6.45) is 6.48. The second kappa shape index (κ2) is 6.66. The van der Waals surface area contributed by atoms with Crippen molar-refractivity contribution >= 4 is 15.9 Å². The van der Waals surface area contributed by atoms with E-state index in [1.807, 2.05) is 0 Å². The van der Waals surface area contributed by atoms with Crippen molar-refractivity contribution in [1.82, 2.24) is 5.32 Å². The Morgan fingerprint density at radius 1 is 1.19 bits per heavy atom. The second-order valence-corrected chi connectivity index (χ2v) is 7.92. The number of allylic oxidation sites excluding steroid dienone is 2. The van der Waals surface area contributed by atoms with Crippen molar-refractivity contribution in [3.8, 4) is 0 Å². The van der Waals surface area contributed by atoms with Crippen molar-refractivity contribution in [2.45, 2.75) is 39.0 Å². The van der Waals surface area contributed by atoms with Crippen LogP contribution in [0.2, 0.25) is 0 Å². The Balaban J connectivity index is 1.81. The van der Waals surface area contributed by atoms with Crippen molar-refractivity contribution in [3.63, 3.8) is 0 Å². The monoisotopic (exact) mass is 347 g/mol. The molecule has 3 rings (SSSR count). The lowest BCUT2D eigenvalue weighted by Gasteiger charge is -2.40. The quantitative estimate of drug-likeness (QED) is 0.730. The SMILES string of the molecule is CC1=CC(C)CC(C2CCNCC2c2ccc(Br)cc2)C1. The minimum absolute atomic E-state index is 0.676. The van der Waals surface area contributed by atoms with Gasteiger partial charge in [0.05, 0.1) is 0 Å². The van der Waals surface area contributed by atoms with Crippen molar-refractivity contribution in [2.24, 2.45) is 17.8 Å². The lowest BCUT2D eigenvalue weighted by atomic mass is 9.68. The molecule has 1 aromatic rings. The van der Waals surface area contributed by atoms with Crippen LogP contribution < -0.4 is 5.32 Å². The minimum Gasteiger partial charge on any atom is -0.316 e. The van der Waals surface area contributed by atoms with E-state index in [4.69, 9.17) is 0 Å². The first kappa shape index (κ1) is 15.3. The normalized spacial score (nSPS) is 33.6. The molecule has 1 fully saturated rings. The topological polar surface area (TPSA) is 12.0 Å². The van der Waals surface area contributed by atoms with Crippen LogP contribution in [0.25, 0.3) is 0 Å². The second-order valence-electron chi connectivity index (χ2n) is 7.00. The predicted octanol–water partition coefficient (Wildman–Crippen LogP) is 5.13. The highest BCUT2D eigenvalue weighted by molar-refractivity contribution is 9.10. The Morgan fingerprint density at radius 2 is 1.95 bits per heavy atom. The largest absolute Gasteiger partial charge is 0.316 e. The molecule has 0 spiro atoms. The number of nitrogens with one attached hydrogen (secondary N) is 1. The molecule has 0 aromatic heterocycles. The highest BCUT2D eigenvalue weighted by Crippen LogP contribution is 2.42. The fourth-order valence-electron chi connectivity index (χ4n) is 4.44. The van der Waals surface area contributed by atoms with Crippen LogP contribution in [0.4, 0.5) is 0 Å². The standard InChI is InChI=1S/C19H26BrN/c1-13-9-14(2)11-16(10-13)18-7-8-21-12-19(18)15-3-5-17(20)6-4-15/h3-6,9,13,16,18-19,21H,7-8,10-12H2,1-2H3. The molecule has 0 bridgehead atoms. The van der Waals surface area contributed by atoms with E-state index in [1.165, 1.54) is 35.8 Å². The summed E-state index contributed by atoms with van der Waals surface area (Å²) < 4.78 is 1.18. The molecular weight excluding hydrogens is 322 g/mol. The lowest BCUT2D eigenvalue weighted by molar-refractivity contribution is 0.194. The first-order valence-corrected chi connectivity index (χ1v) is 9.06. The number of hydrogen-bond donors (Lipinski definition) is 1. The summed E-state index contributed by atoms with van der Waals surface area (Å²) >= 11 is 3.55. The first-order valence-electron chi connectivity index (χ1n) is 8.27. The Hall–Kier alpha value is -0.600. The number of hydrogen-bond acceptors (Lipinski definition) is 1. The Morgan fingerprint density at radius 3 is 2.67 bits per heavy atom. The van der Waals surface area contributed by atoms with Gasteiger partial charge in [-0.3, -0.25) is 0 Å². The molecule has 4 unspecified atom stereocenters. The molecule has 0 saturated carbocycles. The lowest BCUT2D eigenvalue weighted by Crippen LogP contribution is -2.39. The molecule has 1 saturated heterocycles. The zero-order chi connectivity index (χ0) is 14.8. The van der Waals surface area contributed by atoms with Crippen LogP contribution in [0.3, 0.4) is 0 Å². The number of halogens is 1. The van der Waals surface area contributed by atoms with Crippen molar-refractivity contribution in [3.05, 3.63) is 46.0 Å². The van der Waals surface area contributed by atoms with Gasteiger partial charge >= 0.3 is 0 Å². The van der Waals surface area contributed by atoms with Crippen LogP contribution in [-0.4, -0.2) is 13.1 Å². The Kier molecular flexibility index (Phi) is 4.85. The van der Waals surface area contributed by atoms with Crippen LogP contribution in [0.1, 0.15) is 44.6 Å². The van der Waals surface area contributed by atoms with Gasteiger partial charge in [-0.05, 0) is 74.1 Å². The van der Waals surface area contributed by atoms with Gasteiger partial charge in [0, 0.05) is 11.0 Å². The molecule has 2 heteroatoms. The molecule has 114 valence electrons. The third-order valence-corrected chi connectivity index (χ3v) is 5.80. The van der Waals surface area contributed by atoms with Crippen LogP contribution >= 0.6 is 15.9 Å². The van der Waals surface area contributed by atoms with Crippen LogP contribution in [0.15, 0.2) is 40.4 Å². The summed E-state index contributed by atoms with van der Waals surface area (Å²) in [5, 5.41) is 3.61. The zero-order valence-electron chi connectivity index (χ0n) is 13.1. The molecule has 1 nitrogen and oxygen atoms in total. The molecule has 1 aliphatic heterocycles. The first-order chi connectivity index (χ1) is 10.1. The predicted molar refractivity (Wildman–Crippen MR) is 93.5 cm³/mol. The molecular formula is C19H26BrN. The van der Waals surface area contributed by atoms with Gasteiger partial charge in [0.25, 0.3) is 0 Å². The maximum Gasteiger partial charge on any atom is 0.0175 e. The number of benzene rings is 1. The minimum atomic E-state index is 0.676. The van der Waals surface area contributed by atoms with Crippen molar-refractivity contribution in [2.75, 3.05) is 13.1 Å². The number of piperidine rings is 1. The van der Waals surface area contributed by atoms with Gasteiger partial charge in [0.1, 0.15) is 0 Å². The van der Waals surface area contributed by atoms with Crippen LogP contribution in [0, 0.1) is 17.8 Å². The van der Waals surface area contributed by atoms with Crippen LogP contribution in [0.5, 0.6) is 0 Å². The molecule has 0 radical (unpaired) electrons. The third kappa shape index (κ3) is 3.60. The van der Waals surface area contributed by atoms with E-state index in [1.54, 1.807) is 5.57 Å². The fraction of sp³-hybridized carbons (Fsp3) is 0.579. The molecule has 1 N–H and O–H groups in total. The summed E-state index contributed by atoms with van der Waals surface area (Å²) in [6, 6.07) is 9.00. The smallest absolute Gasteiger partial charge is 0.0175 e. The van der Waals surface area contributed by atoms with Gasteiger partial charge in [-0.15, -0.1) is 0 Å². The fourth-order valence-corrected chi connectivity index (χ4v) is 4.70. The van der Waals surface area contributed by atoms with E-state index >= 15 is 0 Å². The molecule has 0 amide bonds. The summed E-state index contributed by atoms with van der Waals surface area (Å²) in [6.45, 7) is 7.02. The van der Waals surface area contributed by atoms with Gasteiger partial charge in [-0.2, -0.15) is 0 Å². The summed E-state index contributed by atoms with van der Waals surface area (Å²) in [5.41, 5.74) is 3.11. The molecule has 2 aliphatic rings. The Labute approximate surface area is 137 Å². The van der Waals surface area contributed by atoms with Crippen molar-refractivity contribution < 1.29 is 0 Å². The van der Waals surface area contributed by atoms with Gasteiger partial charge in [-0.25, -0.2) is 0 Å². The average molecular weight is 348 g/mol.